The molecule has 2 fully saturated rings. The highest BCUT2D eigenvalue weighted by Gasteiger charge is 2.97. The van der Waals surface area contributed by atoms with Gasteiger partial charge in [-0.3, -0.25) is 20.3 Å². The summed E-state index contributed by atoms with van der Waals surface area (Å²) in [6, 6.07) is 2.73. The third-order valence-electron chi connectivity index (χ3n) is 6.19. The van der Waals surface area contributed by atoms with Gasteiger partial charge in [0.25, 0.3) is 11.8 Å². The van der Waals surface area contributed by atoms with E-state index in [1.165, 1.54) is 0 Å². The van der Waals surface area contributed by atoms with Crippen LogP contribution in [0, 0.1) is 10.8 Å². The first-order chi connectivity index (χ1) is 21.2. The Bertz CT molecular complexity index is 1440. The summed E-state index contributed by atoms with van der Waals surface area (Å²) in [5.74, 6) is -62.1. The molecule has 2 aliphatic rings. The number of benzene rings is 1. The first-order valence-electron chi connectivity index (χ1n) is 11.3. The van der Waals surface area contributed by atoms with Gasteiger partial charge < -0.3 is 21.1 Å². The van der Waals surface area contributed by atoms with Crippen LogP contribution in [0.2, 0.25) is 0 Å². The lowest BCUT2D eigenvalue weighted by atomic mass is 10.00. The summed E-state index contributed by atoms with van der Waals surface area (Å²) in [5.41, 5.74) is 9.47. The summed E-state index contributed by atoms with van der Waals surface area (Å²) in [4.78, 5) is 7.20. The van der Waals surface area contributed by atoms with Gasteiger partial charge in [0.15, 0.2) is 11.7 Å². The Hall–Kier alpha value is -4.24. The zero-order valence-electron chi connectivity index (χ0n) is 21.8. The molecule has 0 unspecified atom stereocenters. The van der Waals surface area contributed by atoms with Crippen LogP contribution in [0.25, 0.3) is 0 Å². The van der Waals surface area contributed by atoms with E-state index >= 15 is 0 Å². The molecule has 48 heavy (non-hydrogen) atoms. The fourth-order valence-corrected chi connectivity index (χ4v) is 3.42. The monoisotopic (exact) mass is 740 g/mol. The smallest absolute Gasteiger partial charge is 0.380 e. The van der Waals surface area contributed by atoms with Gasteiger partial charge in [-0.1, -0.05) is 34.6 Å². The zero-order valence-corrected chi connectivity index (χ0v) is 21.8. The fourth-order valence-electron chi connectivity index (χ4n) is 3.42. The van der Waals surface area contributed by atoms with Gasteiger partial charge in [-0.15, -0.1) is 0 Å². The second-order valence-electron chi connectivity index (χ2n) is 9.25. The molecule has 0 aromatic heterocycles. The lowest BCUT2D eigenvalue weighted by molar-refractivity contribution is -0.364. The number of rotatable bonds is 8. The maximum Gasteiger partial charge on any atom is 0.428 e. The lowest BCUT2D eigenvalue weighted by Gasteiger charge is -2.31. The molecule has 2 atom stereocenters. The van der Waals surface area contributed by atoms with Gasteiger partial charge >= 0.3 is 59.5 Å². The highest BCUT2D eigenvalue weighted by Crippen LogP contribution is 2.66. The fraction of sp³-hybridized carbons (Fsp3) is 0.500. The first-order valence-corrected chi connectivity index (χ1v) is 11.3. The maximum atomic E-state index is 14.3. The second kappa shape index (κ2) is 10.6. The largest absolute Gasteiger partial charge is 0.428 e. The molecule has 10 nitrogen and oxygen atoms in total. The molecular weight excluding hydrogens is 730 g/mol. The van der Waals surface area contributed by atoms with Crippen molar-refractivity contribution in [2.24, 2.45) is 21.8 Å². The molecule has 3 rings (SSSR count). The molecule has 2 heterocycles. The predicted molar refractivity (Wildman–Crippen MR) is 115 cm³/mol. The Balaban J connectivity index is 1.74. The molecule has 0 spiro atoms. The molecule has 270 valence electrons. The highest BCUT2D eigenvalue weighted by atomic mass is 19.4. The van der Waals surface area contributed by atoms with E-state index < -0.39 is 94.1 Å². The Morgan fingerprint density at radius 1 is 0.542 bits per heavy atom. The van der Waals surface area contributed by atoms with Gasteiger partial charge in [0, 0.05) is 11.1 Å². The van der Waals surface area contributed by atoms with Crippen LogP contribution in [0.5, 0.6) is 0 Å². The van der Waals surface area contributed by atoms with Crippen molar-refractivity contribution < 1.29 is 98.2 Å². The van der Waals surface area contributed by atoms with Crippen LogP contribution >= 0.6 is 0 Å². The minimum absolute atomic E-state index is 0.542. The van der Waals surface area contributed by atoms with Crippen molar-refractivity contribution in [2.45, 2.75) is 59.5 Å². The third-order valence-corrected chi connectivity index (χ3v) is 6.19. The topological polar surface area (TPSA) is 161 Å². The van der Waals surface area contributed by atoms with Crippen LogP contribution in [0.15, 0.2) is 34.6 Å². The number of hydrogen-bond acceptors (Lipinski definition) is 8. The minimum atomic E-state index is -6.96. The highest BCUT2D eigenvalue weighted by molar-refractivity contribution is 6.01. The summed E-state index contributed by atoms with van der Waals surface area (Å²) >= 11 is 0. The molecule has 1 aromatic rings. The average molecular weight is 740 g/mol. The molecule has 0 saturated carbocycles. The number of ether oxygens (including phenoxy) is 2. The van der Waals surface area contributed by atoms with E-state index in [1.54, 1.807) is 0 Å². The number of oxime groups is 2. The van der Waals surface area contributed by atoms with E-state index in [0.717, 1.165) is 0 Å². The van der Waals surface area contributed by atoms with Crippen LogP contribution in [0.4, 0.5) is 79.0 Å². The third kappa shape index (κ3) is 4.84. The van der Waals surface area contributed by atoms with Crippen LogP contribution in [-0.2, 0) is 19.1 Å². The van der Waals surface area contributed by atoms with Crippen LogP contribution in [0.1, 0.15) is 11.1 Å². The number of halogens is 18. The molecule has 6 N–H and O–H groups in total. The normalized spacial score (nSPS) is 29.0. The van der Waals surface area contributed by atoms with Gasteiger partial charge in [-0.05, 0) is 0 Å². The summed E-state index contributed by atoms with van der Waals surface area (Å²) in [7, 11) is 0. The van der Waals surface area contributed by atoms with E-state index in [2.05, 4.69) is 29.5 Å². The van der Waals surface area contributed by atoms with Crippen LogP contribution < -0.4 is 11.5 Å². The van der Waals surface area contributed by atoms with Crippen LogP contribution in [-0.4, -0.2) is 82.9 Å². The summed E-state index contributed by atoms with van der Waals surface area (Å²) in [5, 5.41) is 18.9. The van der Waals surface area contributed by atoms with Crippen molar-refractivity contribution >= 4 is 23.5 Å². The summed E-state index contributed by atoms with van der Waals surface area (Å²) in [6.45, 7) is 0. The first kappa shape index (κ1) is 38.2. The molecule has 2 saturated heterocycles. The van der Waals surface area contributed by atoms with Gasteiger partial charge in [-0.25, -0.2) is 0 Å². The van der Waals surface area contributed by atoms with Crippen molar-refractivity contribution in [3.63, 3.8) is 0 Å². The number of nitrogens with one attached hydrogen (secondary N) is 2. The molecular formula is C20H10F18N6O4. The van der Waals surface area contributed by atoms with Crippen molar-refractivity contribution in [1.29, 1.82) is 10.8 Å². The van der Waals surface area contributed by atoms with Crippen molar-refractivity contribution in [1.82, 2.24) is 0 Å². The molecule has 2 aliphatic heterocycles. The number of amidine groups is 2. The van der Waals surface area contributed by atoms with Gasteiger partial charge in [0.1, 0.15) is 0 Å². The molecule has 28 heteroatoms. The molecule has 1 aromatic carbocycles. The van der Waals surface area contributed by atoms with E-state index in [0.29, 0.717) is 24.3 Å². The Morgan fingerprint density at radius 3 is 1.00 bits per heavy atom. The minimum Gasteiger partial charge on any atom is -0.380 e. The van der Waals surface area contributed by atoms with Crippen molar-refractivity contribution in [3.8, 4) is 0 Å². The van der Waals surface area contributed by atoms with Crippen molar-refractivity contribution in [2.75, 3.05) is 0 Å². The van der Waals surface area contributed by atoms with Crippen molar-refractivity contribution in [3.05, 3.63) is 35.4 Å². The van der Waals surface area contributed by atoms with Gasteiger partial charge in [0.2, 0.25) is 0 Å². The van der Waals surface area contributed by atoms with E-state index in [9.17, 15) is 79.0 Å². The second-order valence-corrected chi connectivity index (χ2v) is 9.25. The average Bonchev–Trinajstić information content (AvgIpc) is 3.13. The van der Waals surface area contributed by atoms with Gasteiger partial charge in [-0.2, -0.15) is 79.0 Å². The SMILES string of the molecule is N=C(O/N=C(/N)c1ccc(/C(N)=N\OC(=N)C(F)(F)[C@]2(F)OC(F)(F)C(F)(F)C2(F)F)cc1)C(F)(F)[C@]1(F)OC(F)(F)C(F)(F)C1(F)F. The standard InChI is InChI=1S/C20H10F18N6O4/c21-11(22,17(33)13(25,26)15(29,30)19(35,36)47-17)9(41)45-43-7(39)5-1-2-6(4-3-5)8(40)44-46-10(42)12(23,24)18(34)14(27,28)16(31,32)20(37,38)48-18/h1-4,41-42H,(H2,39,43)(H2,40,44)/t17-,18-/m0/s1. The predicted octanol–water partition coefficient (Wildman–Crippen LogP) is 5.30. The Labute approximate surface area is 250 Å². The number of nitrogens with two attached hydrogens (primary N) is 2. The molecule has 0 aliphatic carbocycles. The number of nitrogens with zero attached hydrogens (tertiary/aromatic N) is 2. The molecule has 0 bridgehead atoms. The summed E-state index contributed by atoms with van der Waals surface area (Å²) < 4.78 is 249. The quantitative estimate of drug-likeness (QED) is 0.122. The Kier molecular flexibility index (Phi) is 8.46. The molecule has 0 radical (unpaired) electrons. The van der Waals surface area contributed by atoms with E-state index in [-0.39, 0.29) is 0 Å². The zero-order chi connectivity index (χ0) is 37.5. The molecule has 0 amide bonds. The van der Waals surface area contributed by atoms with E-state index in [1.807, 2.05) is 0 Å². The van der Waals surface area contributed by atoms with E-state index in [4.69, 9.17) is 22.3 Å². The van der Waals surface area contributed by atoms with Crippen LogP contribution in [0.3, 0.4) is 0 Å². The summed E-state index contributed by atoms with van der Waals surface area (Å²) in [6.07, 6.45) is -13.0. The lowest BCUT2D eigenvalue weighted by Crippen LogP contribution is -2.62. The number of hydrogen-bond donors (Lipinski definition) is 4. The number of alkyl halides is 18. The Morgan fingerprint density at radius 2 is 0.792 bits per heavy atom. The van der Waals surface area contributed by atoms with Gasteiger partial charge in [0.05, 0.1) is 0 Å². The maximum absolute atomic E-state index is 14.3.